The van der Waals surface area contributed by atoms with E-state index >= 15 is 0 Å². The lowest BCUT2D eigenvalue weighted by molar-refractivity contribution is -0.149. The first-order chi connectivity index (χ1) is 22.0. The molecule has 0 aliphatic carbocycles. The number of carbonyl (C=O) groups is 3. The van der Waals surface area contributed by atoms with E-state index in [1.807, 2.05) is 37.3 Å². The number of hydrogen-bond acceptors (Lipinski definition) is 10. The minimum Gasteiger partial charge on any atom is -0.462 e. The Balaban J connectivity index is 2.22. The van der Waals surface area contributed by atoms with Gasteiger partial charge in [0.2, 0.25) is 5.91 Å². The molecule has 0 spiro atoms. The number of aliphatic hydroxyl groups is 1. The predicted molar refractivity (Wildman–Crippen MR) is 188 cm³/mol. The molecule has 2 rings (SSSR count). The zero-order chi connectivity index (χ0) is 35.3. The molecule has 0 bridgehead atoms. The van der Waals surface area contributed by atoms with Crippen molar-refractivity contribution in [3.63, 3.8) is 0 Å². The lowest BCUT2D eigenvalue weighted by Gasteiger charge is -2.39. The number of allylic oxidation sites excluding steroid dienone is 1. The molecule has 0 radical (unpaired) electrons. The highest BCUT2D eigenvalue weighted by molar-refractivity contribution is 8.25. The third-order valence-electron chi connectivity index (χ3n) is 7.16. The molecule has 0 aromatic heterocycles. The number of ether oxygens (including phenoxy) is 3. The van der Waals surface area contributed by atoms with Crippen LogP contribution in [0.15, 0.2) is 66.9 Å². The van der Waals surface area contributed by atoms with E-state index in [-0.39, 0.29) is 32.6 Å². The molecule has 0 heterocycles. The van der Waals surface area contributed by atoms with Crippen LogP contribution in [0, 0.1) is 22.2 Å². The predicted octanol–water partition coefficient (Wildman–Crippen LogP) is 6.78. The van der Waals surface area contributed by atoms with Crippen molar-refractivity contribution in [2.24, 2.45) is 10.8 Å². The second-order valence-corrected chi connectivity index (χ2v) is 14.8. The normalized spacial score (nSPS) is 14.3. The van der Waals surface area contributed by atoms with Crippen LogP contribution in [-0.4, -0.2) is 57.8 Å². The highest BCUT2D eigenvalue weighted by Gasteiger charge is 2.49. The molecule has 1 amide bonds. The number of thiocarbonyl (C=S) groups is 1. The van der Waals surface area contributed by atoms with Crippen molar-refractivity contribution in [3.8, 4) is 11.8 Å². The Bertz CT molecular complexity index is 1440. The minimum absolute atomic E-state index is 0.00735. The fraction of sp³-hybridized carbons (Fsp3) is 0.472. The van der Waals surface area contributed by atoms with Gasteiger partial charge in [-0.3, -0.25) is 9.59 Å². The molecule has 2 N–H and O–H groups in total. The van der Waals surface area contributed by atoms with Gasteiger partial charge < -0.3 is 24.6 Å². The molecule has 47 heavy (non-hydrogen) atoms. The zero-order valence-corrected chi connectivity index (χ0v) is 29.7. The van der Waals surface area contributed by atoms with E-state index in [1.165, 1.54) is 0 Å². The second-order valence-electron chi connectivity index (χ2n) is 12.6. The summed E-state index contributed by atoms with van der Waals surface area (Å²) < 4.78 is 15.7. The summed E-state index contributed by atoms with van der Waals surface area (Å²) in [6.45, 7) is 13.8. The molecule has 0 saturated heterocycles. The van der Waals surface area contributed by atoms with Crippen molar-refractivity contribution in [2.75, 3.05) is 19.8 Å². The van der Waals surface area contributed by atoms with E-state index in [0.29, 0.717) is 21.3 Å². The van der Waals surface area contributed by atoms with Gasteiger partial charge in [0.1, 0.15) is 23.7 Å². The summed E-state index contributed by atoms with van der Waals surface area (Å²) >= 11 is 6.81. The Morgan fingerprint density at radius 2 is 1.62 bits per heavy atom. The average Bonchev–Trinajstić information content (AvgIpc) is 3.02. The van der Waals surface area contributed by atoms with Gasteiger partial charge in [-0.25, -0.2) is 4.79 Å². The lowest BCUT2D eigenvalue weighted by Crippen LogP contribution is -2.49. The van der Waals surface area contributed by atoms with E-state index in [9.17, 15) is 24.8 Å². The molecule has 0 saturated carbocycles. The van der Waals surface area contributed by atoms with Gasteiger partial charge in [0.15, 0.2) is 0 Å². The van der Waals surface area contributed by atoms with E-state index in [1.54, 1.807) is 58.9 Å². The van der Waals surface area contributed by atoms with Crippen LogP contribution in [0.25, 0.3) is 0 Å². The number of nitrogens with zero attached hydrogens (tertiary/aromatic N) is 1. The van der Waals surface area contributed by atoms with Gasteiger partial charge in [-0.15, -0.1) is 0 Å². The van der Waals surface area contributed by atoms with Gasteiger partial charge in [0.25, 0.3) is 0 Å². The molecule has 2 aromatic rings. The molecule has 11 heteroatoms. The summed E-state index contributed by atoms with van der Waals surface area (Å²) in [4.78, 5) is 40.0. The molecule has 9 nitrogen and oxygen atoms in total. The first-order valence-corrected chi connectivity index (χ1v) is 16.7. The molecular weight excluding hydrogens is 637 g/mol. The van der Waals surface area contributed by atoms with E-state index in [4.69, 9.17) is 26.4 Å². The zero-order valence-electron chi connectivity index (χ0n) is 28.1. The summed E-state index contributed by atoms with van der Waals surface area (Å²) in [5, 5.41) is 22.4. The number of rotatable bonds is 18. The van der Waals surface area contributed by atoms with Crippen LogP contribution < -0.4 is 10.1 Å². The van der Waals surface area contributed by atoms with Crippen molar-refractivity contribution in [1.29, 1.82) is 5.26 Å². The number of amides is 1. The largest absolute Gasteiger partial charge is 0.462 e. The number of aliphatic hydroxyl groups excluding tert-OH is 1. The summed E-state index contributed by atoms with van der Waals surface area (Å²) in [7, 11) is 0. The van der Waals surface area contributed by atoms with Crippen LogP contribution in [0.3, 0.4) is 0 Å². The number of nitrogens with one attached hydrogen (secondary N) is 1. The van der Waals surface area contributed by atoms with Gasteiger partial charge in [0.05, 0.1) is 33.1 Å². The van der Waals surface area contributed by atoms with Crippen molar-refractivity contribution < 1.29 is 33.7 Å². The van der Waals surface area contributed by atoms with Crippen molar-refractivity contribution in [2.45, 2.75) is 78.1 Å². The SMILES string of the molecule is C=C(CCC)Oc1ccc(C(=O)OCCOC(=O)C(C)(CC(C)(CC(C)(C)C#N)C(=O)NCC(C)O)SC(=S)c2ccccc2)cc1. The summed E-state index contributed by atoms with van der Waals surface area (Å²) in [6.07, 6.45) is 0.932. The fourth-order valence-electron chi connectivity index (χ4n) is 5.08. The second kappa shape index (κ2) is 18.0. The van der Waals surface area contributed by atoms with Crippen LogP contribution in [0.2, 0.25) is 0 Å². The Morgan fingerprint density at radius 1 is 1.00 bits per heavy atom. The van der Waals surface area contributed by atoms with Crippen LogP contribution in [0.4, 0.5) is 0 Å². The van der Waals surface area contributed by atoms with Crippen molar-refractivity contribution in [1.82, 2.24) is 5.32 Å². The number of hydrogen-bond donors (Lipinski definition) is 2. The molecule has 0 fully saturated rings. The topological polar surface area (TPSA) is 135 Å². The molecule has 0 aliphatic rings. The monoisotopic (exact) mass is 682 g/mol. The molecule has 2 aromatic carbocycles. The van der Waals surface area contributed by atoms with Crippen LogP contribution in [0.1, 0.15) is 83.1 Å². The summed E-state index contributed by atoms with van der Waals surface area (Å²) in [5.74, 6) is -0.469. The summed E-state index contributed by atoms with van der Waals surface area (Å²) in [5.41, 5.74) is -1.11. The Kier molecular flexibility index (Phi) is 15.1. The van der Waals surface area contributed by atoms with Crippen molar-refractivity contribution >= 4 is 46.0 Å². The quantitative estimate of drug-likeness (QED) is 0.0750. The average molecular weight is 683 g/mol. The Hall–Kier alpha value is -3.72. The number of carbonyl (C=O) groups excluding carboxylic acids is 3. The van der Waals surface area contributed by atoms with E-state index in [2.05, 4.69) is 18.0 Å². The Morgan fingerprint density at radius 3 is 2.19 bits per heavy atom. The molecular formula is C36H46N2O7S2. The highest BCUT2D eigenvalue weighted by Crippen LogP contribution is 2.46. The minimum atomic E-state index is -1.38. The first kappa shape index (κ1) is 39.5. The fourth-order valence-corrected chi connectivity index (χ4v) is 6.97. The van der Waals surface area contributed by atoms with Crippen LogP contribution >= 0.6 is 24.0 Å². The Labute approximate surface area is 288 Å². The third-order valence-corrected chi connectivity index (χ3v) is 8.83. The van der Waals surface area contributed by atoms with Crippen LogP contribution in [-0.2, 0) is 19.1 Å². The standard InChI is InChI=1S/C36H46N2O7S2/c1-8-12-26(3)45-29-17-15-27(16-18-29)30(40)43-19-20-44-33(42)36(7,47-31(46)28-13-10-9-11-14-28)23-35(6,22-34(4,5)24-37)32(41)38-21-25(2)39/h9-11,13-18,25,39H,3,8,12,19-23H2,1-2,4-7H3,(H,38,41). The van der Waals surface area contributed by atoms with Gasteiger partial charge in [-0.05, 0) is 76.8 Å². The summed E-state index contributed by atoms with van der Waals surface area (Å²) in [6, 6.07) is 17.9. The molecule has 0 aliphatic heterocycles. The van der Waals surface area contributed by atoms with Gasteiger partial charge in [-0.1, -0.05) is 74.7 Å². The van der Waals surface area contributed by atoms with Gasteiger partial charge in [-0.2, -0.15) is 5.26 Å². The number of nitriles is 1. The lowest BCUT2D eigenvalue weighted by atomic mass is 9.69. The van der Waals surface area contributed by atoms with Crippen molar-refractivity contribution in [3.05, 3.63) is 78.1 Å². The third kappa shape index (κ3) is 12.8. The highest BCUT2D eigenvalue weighted by atomic mass is 32.2. The molecule has 254 valence electrons. The van der Waals surface area contributed by atoms with Crippen LogP contribution in [0.5, 0.6) is 5.75 Å². The number of benzene rings is 2. The maximum Gasteiger partial charge on any atom is 0.338 e. The van der Waals surface area contributed by atoms with Gasteiger partial charge in [0, 0.05) is 18.4 Å². The molecule has 3 unspecified atom stereocenters. The maximum atomic E-state index is 13.8. The first-order valence-electron chi connectivity index (χ1n) is 15.5. The smallest absolute Gasteiger partial charge is 0.338 e. The number of esters is 2. The maximum absolute atomic E-state index is 13.8. The number of thioether (sulfide) groups is 1. The van der Waals surface area contributed by atoms with E-state index in [0.717, 1.165) is 30.2 Å². The molecule has 3 atom stereocenters. The van der Waals surface area contributed by atoms with Gasteiger partial charge >= 0.3 is 11.9 Å². The van der Waals surface area contributed by atoms with E-state index < -0.39 is 39.5 Å².